The molecule has 1 saturated carbocycles. The second-order valence-corrected chi connectivity index (χ2v) is 17.8. The molecule has 1 aliphatic rings. The second kappa shape index (κ2) is 17.2. The topological polar surface area (TPSA) is 8.17 Å². The molecule has 0 radical (unpaired) electrons. The van der Waals surface area contributed by atoms with Crippen LogP contribution in [0.15, 0.2) is 237 Å². The fourth-order valence-corrected chi connectivity index (χ4v) is 11.0. The van der Waals surface area contributed by atoms with Gasteiger partial charge in [0.25, 0.3) is 0 Å². The summed E-state index contributed by atoms with van der Waals surface area (Å²) in [5.74, 6) is 0.561. The number of aromatic nitrogens is 1. The van der Waals surface area contributed by atoms with Crippen LogP contribution in [0.5, 0.6) is 0 Å². The Bertz CT molecular complexity index is 3500. The molecule has 0 unspecified atom stereocenters. The predicted molar refractivity (Wildman–Crippen MR) is 281 cm³/mol. The smallest absolute Gasteiger partial charge is 0.0547 e. The molecule has 2 nitrogen and oxygen atoms in total. The minimum absolute atomic E-state index is 0.561. The first-order valence-electron chi connectivity index (χ1n) is 23.6. The molecule has 0 amide bonds. The summed E-state index contributed by atoms with van der Waals surface area (Å²) in [5, 5.41) is 5.17. The van der Waals surface area contributed by atoms with Gasteiger partial charge in [-0.3, -0.25) is 0 Å². The Labute approximate surface area is 387 Å². The lowest BCUT2D eigenvalue weighted by molar-refractivity contribution is 0.445. The van der Waals surface area contributed by atoms with Crippen LogP contribution in [-0.2, 0) is 0 Å². The lowest BCUT2D eigenvalue weighted by Gasteiger charge is -2.32. The molecule has 1 aromatic heterocycles. The number of para-hydroxylation sites is 5. The van der Waals surface area contributed by atoms with Crippen molar-refractivity contribution in [1.29, 1.82) is 0 Å². The van der Waals surface area contributed by atoms with Crippen molar-refractivity contribution in [3.05, 3.63) is 242 Å². The van der Waals surface area contributed by atoms with Crippen LogP contribution in [0.2, 0.25) is 0 Å². The van der Waals surface area contributed by atoms with Gasteiger partial charge < -0.3 is 9.47 Å². The van der Waals surface area contributed by atoms with E-state index in [1.807, 2.05) is 0 Å². The zero-order chi connectivity index (χ0) is 43.8. The Kier molecular flexibility index (Phi) is 10.3. The van der Waals surface area contributed by atoms with E-state index in [-0.39, 0.29) is 0 Å². The van der Waals surface area contributed by atoms with E-state index in [1.54, 1.807) is 0 Å². The van der Waals surface area contributed by atoms with E-state index in [9.17, 15) is 0 Å². The summed E-state index contributed by atoms with van der Waals surface area (Å²) in [4.78, 5) is 2.56. The number of hydrogen-bond acceptors (Lipinski definition) is 1. The summed E-state index contributed by atoms with van der Waals surface area (Å²) in [7, 11) is 0. The highest BCUT2D eigenvalue weighted by Crippen LogP contribution is 2.51. The molecule has 316 valence electrons. The number of anilines is 3. The van der Waals surface area contributed by atoms with E-state index < -0.39 is 0 Å². The molecule has 1 aliphatic carbocycles. The van der Waals surface area contributed by atoms with Crippen molar-refractivity contribution < 1.29 is 0 Å². The highest BCUT2D eigenvalue weighted by molar-refractivity contribution is 6.17. The molecule has 1 fully saturated rings. The summed E-state index contributed by atoms with van der Waals surface area (Å²) < 4.78 is 2.42. The van der Waals surface area contributed by atoms with Crippen molar-refractivity contribution >= 4 is 49.6 Å². The van der Waals surface area contributed by atoms with Crippen LogP contribution >= 0.6 is 0 Å². The van der Waals surface area contributed by atoms with Gasteiger partial charge in [-0.15, -0.1) is 0 Å². The third kappa shape index (κ3) is 6.98. The van der Waals surface area contributed by atoms with Crippen molar-refractivity contribution in [1.82, 2.24) is 4.57 Å². The first-order valence-corrected chi connectivity index (χ1v) is 23.6. The fourth-order valence-electron chi connectivity index (χ4n) is 11.0. The van der Waals surface area contributed by atoms with Crippen LogP contribution in [0.25, 0.3) is 82.8 Å². The molecular formula is C64H50N2. The van der Waals surface area contributed by atoms with Crippen molar-refractivity contribution in [3.8, 4) is 50.2 Å². The van der Waals surface area contributed by atoms with Crippen LogP contribution < -0.4 is 4.90 Å². The SMILES string of the molecule is c1ccc(-c2ccc(-c3ccccc3N(c3ccccc3-c3cccc4cccc(C5CCCCC5)c34)c3ccccc3-c3cccc4c3c3ccccc3n4-c3ccccc3)cc2)cc1. The largest absolute Gasteiger partial charge is 0.309 e. The second-order valence-electron chi connectivity index (χ2n) is 17.8. The minimum Gasteiger partial charge on any atom is -0.309 e. The molecule has 1 heterocycles. The highest BCUT2D eigenvalue weighted by atomic mass is 15.2. The van der Waals surface area contributed by atoms with Gasteiger partial charge in [-0.1, -0.05) is 213 Å². The van der Waals surface area contributed by atoms with Crippen molar-refractivity contribution in [3.63, 3.8) is 0 Å². The molecule has 0 spiro atoms. The van der Waals surface area contributed by atoms with Crippen LogP contribution in [0.4, 0.5) is 17.1 Å². The molecular weight excluding hydrogens is 797 g/mol. The number of hydrogen-bond donors (Lipinski definition) is 0. The van der Waals surface area contributed by atoms with Gasteiger partial charge in [0.05, 0.1) is 28.1 Å². The maximum Gasteiger partial charge on any atom is 0.0547 e. The zero-order valence-electron chi connectivity index (χ0n) is 37.0. The van der Waals surface area contributed by atoms with Crippen LogP contribution in [0.1, 0.15) is 43.6 Å². The summed E-state index contributed by atoms with van der Waals surface area (Å²) in [6.45, 7) is 0. The van der Waals surface area contributed by atoms with Gasteiger partial charge in [0, 0.05) is 33.2 Å². The lowest BCUT2D eigenvalue weighted by atomic mass is 9.80. The van der Waals surface area contributed by atoms with Crippen LogP contribution in [0.3, 0.4) is 0 Å². The lowest BCUT2D eigenvalue weighted by Crippen LogP contribution is -2.14. The monoisotopic (exact) mass is 846 g/mol. The van der Waals surface area contributed by atoms with E-state index in [2.05, 4.69) is 246 Å². The van der Waals surface area contributed by atoms with Crippen LogP contribution in [-0.4, -0.2) is 4.57 Å². The quantitative estimate of drug-likeness (QED) is 0.140. The normalized spacial score (nSPS) is 13.1. The number of fused-ring (bicyclic) bond motifs is 4. The van der Waals surface area contributed by atoms with E-state index in [4.69, 9.17) is 0 Å². The van der Waals surface area contributed by atoms with Gasteiger partial charge in [-0.05, 0) is 105 Å². The first-order chi connectivity index (χ1) is 32.8. The average molecular weight is 847 g/mol. The Morgan fingerprint density at radius 2 is 0.818 bits per heavy atom. The van der Waals surface area contributed by atoms with Gasteiger partial charge in [0.1, 0.15) is 0 Å². The van der Waals surface area contributed by atoms with Gasteiger partial charge in [0.2, 0.25) is 0 Å². The summed E-state index contributed by atoms with van der Waals surface area (Å²) in [6.07, 6.45) is 6.42. The number of nitrogens with zero attached hydrogens (tertiary/aromatic N) is 2. The summed E-state index contributed by atoms with van der Waals surface area (Å²) in [6, 6.07) is 87.3. The number of rotatable bonds is 9. The molecule has 66 heavy (non-hydrogen) atoms. The minimum atomic E-state index is 0.561. The Balaban J connectivity index is 1.12. The van der Waals surface area contributed by atoms with Gasteiger partial charge in [0.15, 0.2) is 0 Å². The van der Waals surface area contributed by atoms with Crippen molar-refractivity contribution in [2.75, 3.05) is 4.90 Å². The molecule has 0 aliphatic heterocycles. The van der Waals surface area contributed by atoms with Crippen molar-refractivity contribution in [2.24, 2.45) is 0 Å². The maximum absolute atomic E-state index is 2.56. The molecule has 0 atom stereocenters. The van der Waals surface area contributed by atoms with Gasteiger partial charge in [-0.2, -0.15) is 0 Å². The Hall–Kier alpha value is -7.94. The molecule has 0 bridgehead atoms. The fraction of sp³-hybridized carbons (Fsp3) is 0.0938. The van der Waals surface area contributed by atoms with E-state index in [1.165, 1.54) is 115 Å². The Morgan fingerprint density at radius 3 is 1.52 bits per heavy atom. The third-order valence-electron chi connectivity index (χ3n) is 14.0. The standard InChI is InChI=1S/C64H50N2/c1-4-21-45(22-5-1)46-41-43-48(44-42-46)51-29-10-14-36-58(51)66(59-37-15-11-30-53(59)55-34-19-26-49-25-18-33-52(63(49)55)47-23-6-2-7-24-47)60-38-16-12-31-54(60)56-35-20-40-62-64(56)57-32-13-17-39-61(57)65(62)50-27-8-3-9-28-50/h1,3-5,8-22,25-44,47H,2,6-7,23-24H2. The summed E-state index contributed by atoms with van der Waals surface area (Å²) in [5.41, 5.74) is 18.0. The van der Waals surface area contributed by atoms with E-state index in [0.717, 1.165) is 22.7 Å². The molecule has 2 heteroatoms. The molecule has 10 aromatic carbocycles. The van der Waals surface area contributed by atoms with E-state index in [0.29, 0.717) is 5.92 Å². The number of benzene rings is 10. The van der Waals surface area contributed by atoms with Crippen LogP contribution in [0, 0.1) is 0 Å². The highest BCUT2D eigenvalue weighted by Gasteiger charge is 2.27. The predicted octanol–water partition coefficient (Wildman–Crippen LogP) is 18.1. The zero-order valence-corrected chi connectivity index (χ0v) is 37.0. The van der Waals surface area contributed by atoms with Crippen molar-refractivity contribution in [2.45, 2.75) is 38.0 Å². The van der Waals surface area contributed by atoms with E-state index >= 15 is 0 Å². The maximum atomic E-state index is 2.56. The Morgan fingerprint density at radius 1 is 0.333 bits per heavy atom. The molecule has 11 aromatic rings. The summed E-state index contributed by atoms with van der Waals surface area (Å²) >= 11 is 0. The third-order valence-corrected chi connectivity index (χ3v) is 14.0. The average Bonchev–Trinajstić information content (AvgIpc) is 3.74. The molecule has 0 N–H and O–H groups in total. The molecule has 12 rings (SSSR count). The van der Waals surface area contributed by atoms with Gasteiger partial charge >= 0.3 is 0 Å². The molecule has 0 saturated heterocycles. The first kappa shape index (κ1) is 39.6. The van der Waals surface area contributed by atoms with Gasteiger partial charge in [-0.25, -0.2) is 0 Å².